The van der Waals surface area contributed by atoms with Crippen LogP contribution in [0.4, 0.5) is 0 Å². The highest BCUT2D eigenvalue weighted by molar-refractivity contribution is 5.89. The van der Waals surface area contributed by atoms with E-state index in [-0.39, 0.29) is 30.3 Å². The summed E-state index contributed by atoms with van der Waals surface area (Å²) < 4.78 is 5.24. The van der Waals surface area contributed by atoms with Crippen LogP contribution in [0.1, 0.15) is 44.7 Å². The number of carbonyl (C=O) groups excluding carboxylic acids is 3. The SMILES string of the molecule is CNCC(=O)N[C@H](C(=O)N1CCC[C@H]1CN(CCc1ccccc1)C(=O)[C@H](N)Cc1ccc(OC)cc1)C(C)(C)C. The number of rotatable bonds is 13. The van der Waals surface area contributed by atoms with Crippen molar-refractivity contribution in [2.24, 2.45) is 11.1 Å². The van der Waals surface area contributed by atoms with E-state index < -0.39 is 17.5 Å². The fourth-order valence-corrected chi connectivity index (χ4v) is 5.29. The Bertz CT molecular complexity index is 1130. The Hall–Kier alpha value is -3.43. The first-order valence-corrected chi connectivity index (χ1v) is 14.5. The molecule has 1 heterocycles. The number of hydrogen-bond acceptors (Lipinski definition) is 6. The maximum atomic E-state index is 13.9. The zero-order chi connectivity index (χ0) is 30.0. The smallest absolute Gasteiger partial charge is 0.246 e. The van der Waals surface area contributed by atoms with Crippen molar-refractivity contribution >= 4 is 17.7 Å². The largest absolute Gasteiger partial charge is 0.497 e. The fraction of sp³-hybridized carbons (Fsp3) is 0.531. The highest BCUT2D eigenvalue weighted by Crippen LogP contribution is 2.26. The molecule has 41 heavy (non-hydrogen) atoms. The third kappa shape index (κ3) is 9.30. The van der Waals surface area contributed by atoms with Gasteiger partial charge in [0.15, 0.2) is 0 Å². The molecule has 0 saturated carbocycles. The van der Waals surface area contributed by atoms with Gasteiger partial charge in [0, 0.05) is 25.7 Å². The molecule has 1 aliphatic rings. The van der Waals surface area contributed by atoms with Crippen molar-refractivity contribution < 1.29 is 19.1 Å². The van der Waals surface area contributed by atoms with Gasteiger partial charge in [0.2, 0.25) is 17.7 Å². The average Bonchev–Trinajstić information content (AvgIpc) is 3.42. The van der Waals surface area contributed by atoms with Gasteiger partial charge in [-0.3, -0.25) is 14.4 Å². The standard InChI is InChI=1S/C32H47N5O4/c1-32(2,3)29(35-28(38)21-34-4)31(40)37-18-9-12-25(37)22-36(19-17-23-10-7-6-8-11-23)30(39)27(33)20-24-13-15-26(41-5)16-14-24/h6-8,10-11,13-16,25,27,29,34H,9,12,17-22,33H2,1-5H3,(H,35,38)/t25-,27+,29+/m0/s1. The summed E-state index contributed by atoms with van der Waals surface area (Å²) >= 11 is 0. The molecule has 0 bridgehead atoms. The van der Waals surface area contributed by atoms with E-state index in [1.54, 1.807) is 14.2 Å². The van der Waals surface area contributed by atoms with Crippen molar-refractivity contribution in [1.29, 1.82) is 0 Å². The number of benzene rings is 2. The topological polar surface area (TPSA) is 117 Å². The molecule has 0 radical (unpaired) electrons. The molecular weight excluding hydrogens is 518 g/mol. The third-order valence-corrected chi connectivity index (χ3v) is 7.60. The van der Waals surface area contributed by atoms with E-state index in [4.69, 9.17) is 10.5 Å². The van der Waals surface area contributed by atoms with E-state index in [1.807, 2.05) is 85.2 Å². The lowest BCUT2D eigenvalue weighted by Crippen LogP contribution is -2.58. The van der Waals surface area contributed by atoms with E-state index in [2.05, 4.69) is 10.6 Å². The molecule has 0 spiro atoms. The molecule has 3 rings (SSSR count). The van der Waals surface area contributed by atoms with E-state index in [1.165, 1.54) is 0 Å². The number of hydrogen-bond donors (Lipinski definition) is 3. The summed E-state index contributed by atoms with van der Waals surface area (Å²) in [6.07, 6.45) is 2.72. The summed E-state index contributed by atoms with van der Waals surface area (Å²) in [5.74, 6) is 0.286. The predicted octanol–water partition coefficient (Wildman–Crippen LogP) is 2.38. The van der Waals surface area contributed by atoms with Gasteiger partial charge in [0.05, 0.1) is 19.7 Å². The average molecular weight is 566 g/mol. The molecule has 1 saturated heterocycles. The van der Waals surface area contributed by atoms with Crippen LogP contribution < -0.4 is 21.1 Å². The highest BCUT2D eigenvalue weighted by Gasteiger charge is 2.40. The van der Waals surface area contributed by atoms with Crippen LogP contribution in [0.5, 0.6) is 5.75 Å². The summed E-state index contributed by atoms with van der Waals surface area (Å²) in [5.41, 5.74) is 8.10. The molecule has 2 aromatic carbocycles. The second-order valence-electron chi connectivity index (χ2n) is 11.9. The molecule has 0 aromatic heterocycles. The number of methoxy groups -OCH3 is 1. The van der Waals surface area contributed by atoms with Gasteiger partial charge < -0.3 is 30.9 Å². The van der Waals surface area contributed by atoms with Crippen LogP contribution in [0.25, 0.3) is 0 Å². The Morgan fingerprint density at radius 2 is 1.76 bits per heavy atom. The van der Waals surface area contributed by atoms with Gasteiger partial charge in [-0.2, -0.15) is 0 Å². The normalized spacial score (nSPS) is 16.6. The number of nitrogens with zero attached hydrogens (tertiary/aromatic N) is 2. The van der Waals surface area contributed by atoms with E-state index in [0.717, 1.165) is 29.7 Å². The number of ether oxygens (including phenoxy) is 1. The van der Waals surface area contributed by atoms with E-state index in [9.17, 15) is 14.4 Å². The van der Waals surface area contributed by atoms with E-state index >= 15 is 0 Å². The lowest BCUT2D eigenvalue weighted by Gasteiger charge is -2.37. The zero-order valence-corrected chi connectivity index (χ0v) is 25.2. The van der Waals surface area contributed by atoms with Crippen LogP contribution in [0.2, 0.25) is 0 Å². The van der Waals surface area contributed by atoms with Crippen molar-refractivity contribution in [2.45, 2.75) is 64.6 Å². The fourth-order valence-electron chi connectivity index (χ4n) is 5.29. The van der Waals surface area contributed by atoms with Gasteiger partial charge in [-0.25, -0.2) is 0 Å². The van der Waals surface area contributed by atoms with Gasteiger partial charge in [0.25, 0.3) is 0 Å². The van der Waals surface area contributed by atoms with Gasteiger partial charge in [-0.1, -0.05) is 63.2 Å². The van der Waals surface area contributed by atoms with Crippen LogP contribution in [-0.2, 0) is 27.2 Å². The maximum Gasteiger partial charge on any atom is 0.246 e. The number of amides is 3. The minimum Gasteiger partial charge on any atom is -0.497 e. The first-order chi connectivity index (χ1) is 19.5. The summed E-state index contributed by atoms with van der Waals surface area (Å²) in [6, 6.07) is 16.1. The number of nitrogens with one attached hydrogen (secondary N) is 2. The molecule has 2 aromatic rings. The summed E-state index contributed by atoms with van der Waals surface area (Å²) in [7, 11) is 3.32. The third-order valence-electron chi connectivity index (χ3n) is 7.60. The van der Waals surface area contributed by atoms with Crippen LogP contribution in [-0.4, -0.2) is 86.0 Å². The highest BCUT2D eigenvalue weighted by atomic mass is 16.5. The Balaban J connectivity index is 1.78. The van der Waals surface area contributed by atoms with E-state index in [0.29, 0.717) is 32.5 Å². The van der Waals surface area contributed by atoms with Crippen LogP contribution in [0.3, 0.4) is 0 Å². The van der Waals surface area contributed by atoms with Crippen molar-refractivity contribution in [2.75, 3.05) is 40.3 Å². The second-order valence-corrected chi connectivity index (χ2v) is 11.9. The molecule has 1 aliphatic heterocycles. The molecule has 0 aliphatic carbocycles. The Kier molecular flexibility index (Phi) is 11.7. The molecule has 3 amide bonds. The second kappa shape index (κ2) is 15.0. The molecule has 4 N–H and O–H groups in total. The molecular formula is C32H47N5O4. The van der Waals surface area contributed by atoms with Crippen LogP contribution >= 0.6 is 0 Å². The maximum absolute atomic E-state index is 13.9. The van der Waals surface area contributed by atoms with Gasteiger partial charge in [-0.15, -0.1) is 0 Å². The molecule has 9 nitrogen and oxygen atoms in total. The number of likely N-dealkylation sites (tertiary alicyclic amines) is 1. The summed E-state index contributed by atoms with van der Waals surface area (Å²) in [6.45, 7) is 7.48. The van der Waals surface area contributed by atoms with Crippen LogP contribution in [0, 0.1) is 5.41 Å². The lowest BCUT2D eigenvalue weighted by molar-refractivity contribution is -0.142. The quantitative estimate of drug-likeness (QED) is 0.343. The zero-order valence-electron chi connectivity index (χ0n) is 25.2. The Morgan fingerprint density at radius 3 is 2.37 bits per heavy atom. The van der Waals surface area contributed by atoms with Crippen molar-refractivity contribution in [1.82, 2.24) is 20.4 Å². The monoisotopic (exact) mass is 565 g/mol. The lowest BCUT2D eigenvalue weighted by atomic mass is 9.85. The van der Waals surface area contributed by atoms with Crippen molar-refractivity contribution in [3.63, 3.8) is 0 Å². The first kappa shape index (κ1) is 32.1. The number of nitrogens with two attached hydrogens (primary N) is 1. The van der Waals surface area contributed by atoms with Crippen LogP contribution in [0.15, 0.2) is 54.6 Å². The minimum absolute atomic E-state index is 0.109. The summed E-state index contributed by atoms with van der Waals surface area (Å²) in [4.78, 5) is 43.7. The number of likely N-dealkylation sites (N-methyl/N-ethyl adjacent to an activating group) is 1. The Morgan fingerprint density at radius 1 is 1.07 bits per heavy atom. The summed E-state index contributed by atoms with van der Waals surface area (Å²) in [5, 5.41) is 5.77. The van der Waals surface area contributed by atoms with Gasteiger partial charge >= 0.3 is 0 Å². The first-order valence-electron chi connectivity index (χ1n) is 14.5. The van der Waals surface area contributed by atoms with Crippen molar-refractivity contribution in [3.05, 3.63) is 65.7 Å². The Labute approximate surface area is 244 Å². The molecule has 3 atom stereocenters. The molecule has 9 heteroatoms. The molecule has 1 fully saturated rings. The van der Waals surface area contributed by atoms with Gasteiger partial charge in [-0.05, 0) is 61.4 Å². The van der Waals surface area contributed by atoms with Gasteiger partial charge in [0.1, 0.15) is 11.8 Å². The minimum atomic E-state index is -0.715. The molecule has 224 valence electrons. The molecule has 0 unspecified atom stereocenters. The predicted molar refractivity (Wildman–Crippen MR) is 161 cm³/mol. The van der Waals surface area contributed by atoms with Crippen molar-refractivity contribution in [3.8, 4) is 5.75 Å². The number of carbonyl (C=O) groups is 3.